The Morgan fingerprint density at radius 1 is 1.09 bits per heavy atom. The minimum Gasteiger partial charge on any atom is -0.388 e. The molecule has 1 unspecified atom stereocenters. The van der Waals surface area contributed by atoms with Crippen molar-refractivity contribution in [3.8, 4) is 0 Å². The molecule has 1 aromatic heterocycles. The molecule has 236 valence electrons. The molecule has 1 aliphatic rings. The van der Waals surface area contributed by atoms with Crippen LogP contribution in [0.2, 0.25) is 5.15 Å². The van der Waals surface area contributed by atoms with E-state index in [1.54, 1.807) is 31.1 Å². The largest absolute Gasteiger partial charge is 0.388 e. The van der Waals surface area contributed by atoms with E-state index in [2.05, 4.69) is 62.7 Å². The van der Waals surface area contributed by atoms with Gasteiger partial charge in [-0.25, -0.2) is 9.29 Å². The van der Waals surface area contributed by atoms with Crippen LogP contribution in [-0.4, -0.2) is 68.2 Å². The molecule has 0 spiro atoms. The number of hydrogen-bond acceptors (Lipinski definition) is 8. The number of hydrogen-bond donors (Lipinski definition) is 4. The van der Waals surface area contributed by atoms with Gasteiger partial charge in [0.05, 0.1) is 0 Å². The van der Waals surface area contributed by atoms with E-state index >= 15 is 8.78 Å². The van der Waals surface area contributed by atoms with Crippen LogP contribution in [0.3, 0.4) is 0 Å². The molecule has 11 heteroatoms. The van der Waals surface area contributed by atoms with Gasteiger partial charge in [-0.05, 0) is 79.8 Å². The van der Waals surface area contributed by atoms with Gasteiger partial charge in [-0.3, -0.25) is 0 Å². The number of anilines is 2. The van der Waals surface area contributed by atoms with Gasteiger partial charge in [-0.15, -0.1) is 6.58 Å². The van der Waals surface area contributed by atoms with E-state index in [0.717, 1.165) is 55.2 Å². The number of rotatable bonds is 16. The number of aromatic nitrogens is 1. The lowest BCUT2D eigenvalue weighted by Gasteiger charge is -2.35. The van der Waals surface area contributed by atoms with Crippen molar-refractivity contribution < 1.29 is 8.78 Å². The van der Waals surface area contributed by atoms with Gasteiger partial charge in [0, 0.05) is 73.2 Å². The summed E-state index contributed by atoms with van der Waals surface area (Å²) in [6.45, 7) is 12.9. The first-order chi connectivity index (χ1) is 21.2. The van der Waals surface area contributed by atoms with Gasteiger partial charge in [-0.1, -0.05) is 48.5 Å². The summed E-state index contributed by atoms with van der Waals surface area (Å²) in [6.07, 6.45) is 3.76. The van der Waals surface area contributed by atoms with E-state index in [9.17, 15) is 0 Å². The molecule has 1 fully saturated rings. The SMILES string of the molecule is C=CCC(CNc1ccc(SN2CCN(c3cc(C(F)(F)c4ccc(C(=C)NC)cc4)cc(Cl)n3)CC2)cc1)NCCCN. The fourth-order valence-electron chi connectivity index (χ4n) is 4.90. The normalized spacial score (nSPS) is 14.7. The Hall–Kier alpha value is -3.15. The van der Waals surface area contributed by atoms with Crippen LogP contribution in [0.1, 0.15) is 29.5 Å². The van der Waals surface area contributed by atoms with Crippen LogP contribution >= 0.6 is 23.5 Å². The summed E-state index contributed by atoms with van der Waals surface area (Å²) < 4.78 is 33.4. The van der Waals surface area contributed by atoms with Gasteiger partial charge in [0.25, 0.3) is 5.92 Å². The second-order valence-corrected chi connectivity index (χ2v) is 12.2. The lowest BCUT2D eigenvalue weighted by Crippen LogP contribution is -2.43. The molecule has 0 amide bonds. The molecule has 1 aliphatic heterocycles. The Balaban J connectivity index is 1.31. The van der Waals surface area contributed by atoms with Crippen molar-refractivity contribution in [2.24, 2.45) is 5.73 Å². The topological polar surface area (TPSA) is 81.5 Å². The van der Waals surface area contributed by atoms with Crippen molar-refractivity contribution in [2.75, 3.05) is 63.1 Å². The fraction of sp³-hybridized carbons (Fsp3) is 0.364. The van der Waals surface area contributed by atoms with Crippen LogP contribution in [0.4, 0.5) is 20.3 Å². The maximum Gasteiger partial charge on any atom is 0.298 e. The zero-order valence-corrected chi connectivity index (χ0v) is 26.7. The number of nitrogens with one attached hydrogen (secondary N) is 3. The van der Waals surface area contributed by atoms with Crippen LogP contribution in [0.5, 0.6) is 0 Å². The average molecular weight is 642 g/mol. The lowest BCUT2D eigenvalue weighted by molar-refractivity contribution is 0.0428. The highest BCUT2D eigenvalue weighted by molar-refractivity contribution is 7.97. The van der Waals surface area contributed by atoms with Crippen LogP contribution < -0.4 is 26.6 Å². The zero-order chi connectivity index (χ0) is 31.5. The monoisotopic (exact) mass is 641 g/mol. The molecular weight excluding hydrogens is 600 g/mol. The van der Waals surface area contributed by atoms with E-state index in [0.29, 0.717) is 37.2 Å². The molecule has 1 saturated heterocycles. The van der Waals surface area contributed by atoms with Gasteiger partial charge >= 0.3 is 0 Å². The van der Waals surface area contributed by atoms with Gasteiger partial charge in [0.2, 0.25) is 0 Å². The van der Waals surface area contributed by atoms with Crippen molar-refractivity contribution in [1.29, 1.82) is 0 Å². The Labute approximate surface area is 269 Å². The highest BCUT2D eigenvalue weighted by Gasteiger charge is 2.35. The molecule has 0 radical (unpaired) electrons. The van der Waals surface area contributed by atoms with E-state index < -0.39 is 5.92 Å². The number of halogens is 3. The third kappa shape index (κ3) is 9.18. The van der Waals surface area contributed by atoms with Crippen molar-refractivity contribution in [3.05, 3.63) is 102 Å². The highest BCUT2D eigenvalue weighted by atomic mass is 35.5. The second-order valence-electron chi connectivity index (χ2n) is 10.6. The van der Waals surface area contributed by atoms with E-state index in [4.69, 9.17) is 17.3 Å². The minimum atomic E-state index is -3.23. The Bertz CT molecular complexity index is 1360. The van der Waals surface area contributed by atoms with Crippen molar-refractivity contribution >= 4 is 40.8 Å². The molecule has 2 aromatic carbocycles. The number of nitrogens with two attached hydrogens (primary N) is 1. The molecular formula is C33H42ClF2N7S. The summed E-state index contributed by atoms with van der Waals surface area (Å²) in [5.41, 5.74) is 7.79. The standard InChI is InChI=1S/C33H42ClF2N7S/c1-4-6-29(39-16-5-15-37)23-40-28-11-13-30(14-12-28)44-43-19-17-42(18-20-43)32-22-27(21-31(34)41-32)33(35,36)26-9-7-25(8-10-26)24(2)38-3/h4,7-14,21-22,29,38-40H,1-2,5-6,15-20,23,37H2,3H3. The first kappa shape index (κ1) is 33.7. The van der Waals surface area contributed by atoms with Gasteiger partial charge in [0.1, 0.15) is 11.0 Å². The Kier molecular flexibility index (Phi) is 12.5. The quantitative estimate of drug-likeness (QED) is 0.0638. The maximum atomic E-state index is 15.6. The summed E-state index contributed by atoms with van der Waals surface area (Å²) in [5, 5.41) is 10.00. The average Bonchev–Trinajstić information content (AvgIpc) is 3.04. The van der Waals surface area contributed by atoms with E-state index in [1.807, 2.05) is 11.0 Å². The molecule has 1 atom stereocenters. The van der Waals surface area contributed by atoms with E-state index in [-0.39, 0.29) is 16.3 Å². The number of alkyl halides is 2. The van der Waals surface area contributed by atoms with Crippen molar-refractivity contribution in [3.63, 3.8) is 0 Å². The summed E-state index contributed by atoms with van der Waals surface area (Å²) >= 11 is 7.95. The smallest absolute Gasteiger partial charge is 0.298 e. The van der Waals surface area contributed by atoms with Crippen LogP contribution in [0, 0.1) is 0 Å². The fourth-order valence-corrected chi connectivity index (χ4v) is 6.00. The maximum absolute atomic E-state index is 15.6. The molecule has 2 heterocycles. The summed E-state index contributed by atoms with van der Waals surface area (Å²) in [4.78, 5) is 7.53. The lowest BCUT2D eigenvalue weighted by atomic mass is 9.99. The Morgan fingerprint density at radius 3 is 2.43 bits per heavy atom. The summed E-state index contributed by atoms with van der Waals surface area (Å²) in [7, 11) is 1.74. The summed E-state index contributed by atoms with van der Waals surface area (Å²) in [6, 6.07) is 17.5. The minimum absolute atomic E-state index is 0.0463. The molecule has 44 heavy (non-hydrogen) atoms. The van der Waals surface area contributed by atoms with Crippen molar-refractivity contribution in [2.45, 2.75) is 29.7 Å². The van der Waals surface area contributed by atoms with Gasteiger partial charge < -0.3 is 26.6 Å². The van der Waals surface area contributed by atoms with Gasteiger partial charge in [-0.2, -0.15) is 8.78 Å². The number of nitrogens with zero attached hydrogens (tertiary/aromatic N) is 3. The zero-order valence-electron chi connectivity index (χ0n) is 25.2. The van der Waals surface area contributed by atoms with Crippen LogP contribution in [0.25, 0.3) is 5.70 Å². The van der Waals surface area contributed by atoms with E-state index in [1.165, 1.54) is 24.3 Å². The van der Waals surface area contributed by atoms with Crippen LogP contribution in [0.15, 0.2) is 84.8 Å². The molecule has 0 aliphatic carbocycles. The molecule has 3 aromatic rings. The second kappa shape index (κ2) is 16.2. The molecule has 5 N–H and O–H groups in total. The molecule has 0 saturated carbocycles. The number of benzene rings is 2. The highest BCUT2D eigenvalue weighted by Crippen LogP contribution is 2.38. The van der Waals surface area contributed by atoms with Gasteiger partial charge in [0.15, 0.2) is 0 Å². The first-order valence-corrected chi connectivity index (χ1v) is 16.0. The molecule has 7 nitrogen and oxygen atoms in total. The first-order valence-electron chi connectivity index (χ1n) is 14.8. The predicted octanol–water partition coefficient (Wildman–Crippen LogP) is 6.19. The number of piperazine rings is 1. The Morgan fingerprint density at radius 2 is 1.80 bits per heavy atom. The third-order valence-corrected chi connectivity index (χ3v) is 8.81. The van der Waals surface area contributed by atoms with Crippen LogP contribution in [-0.2, 0) is 5.92 Å². The molecule has 4 rings (SSSR count). The molecule has 0 bridgehead atoms. The van der Waals surface area contributed by atoms with Crippen molar-refractivity contribution in [1.82, 2.24) is 19.9 Å². The number of pyridine rings is 1. The third-order valence-electron chi connectivity index (χ3n) is 7.51. The predicted molar refractivity (Wildman–Crippen MR) is 182 cm³/mol. The summed E-state index contributed by atoms with van der Waals surface area (Å²) in [5.74, 6) is -2.77.